The van der Waals surface area contributed by atoms with E-state index in [9.17, 15) is 9.59 Å². The molecule has 2 amide bonds. The Hall–Kier alpha value is -3.52. The zero-order valence-electron chi connectivity index (χ0n) is 21.9. The molecule has 3 heterocycles. The zero-order chi connectivity index (χ0) is 26.0. The maximum atomic E-state index is 13.1. The van der Waals surface area contributed by atoms with Gasteiger partial charge in [0.2, 0.25) is 23.5 Å². The molecule has 2 aromatic carbocycles. The molecule has 3 aromatic rings. The van der Waals surface area contributed by atoms with Gasteiger partial charge in [0.05, 0.1) is 12.5 Å². The van der Waals surface area contributed by atoms with Crippen molar-refractivity contribution in [1.29, 1.82) is 0 Å². The lowest BCUT2D eigenvalue weighted by Crippen LogP contribution is -2.40. The molecule has 2 fully saturated rings. The van der Waals surface area contributed by atoms with Crippen LogP contribution >= 0.6 is 0 Å². The number of benzene rings is 2. The first-order valence-electron chi connectivity index (χ1n) is 13.1. The lowest BCUT2D eigenvalue weighted by atomic mass is 9.87. The third-order valence-corrected chi connectivity index (χ3v) is 7.21. The van der Waals surface area contributed by atoms with E-state index in [2.05, 4.69) is 53.3 Å². The fourth-order valence-electron chi connectivity index (χ4n) is 5.08. The van der Waals surface area contributed by atoms with Crippen molar-refractivity contribution in [3.8, 4) is 11.4 Å². The van der Waals surface area contributed by atoms with Gasteiger partial charge >= 0.3 is 0 Å². The molecule has 1 aromatic heterocycles. The largest absolute Gasteiger partial charge is 0.338 e. The van der Waals surface area contributed by atoms with Crippen molar-refractivity contribution in [2.45, 2.75) is 58.4 Å². The highest BCUT2D eigenvalue weighted by atomic mass is 16.5. The average molecular weight is 502 g/mol. The Labute approximate surface area is 218 Å². The van der Waals surface area contributed by atoms with E-state index in [0.29, 0.717) is 31.2 Å². The quantitative estimate of drug-likeness (QED) is 0.510. The second kappa shape index (κ2) is 10.5. The molecule has 194 valence electrons. The molecule has 0 bridgehead atoms. The number of anilines is 2. The summed E-state index contributed by atoms with van der Waals surface area (Å²) in [7, 11) is 0. The first kappa shape index (κ1) is 25.1. The van der Waals surface area contributed by atoms with Gasteiger partial charge in [0.1, 0.15) is 0 Å². The van der Waals surface area contributed by atoms with Crippen LogP contribution in [0.15, 0.2) is 53.1 Å². The Morgan fingerprint density at radius 2 is 1.92 bits per heavy atom. The van der Waals surface area contributed by atoms with Crippen molar-refractivity contribution in [3.05, 3.63) is 60.0 Å². The van der Waals surface area contributed by atoms with Gasteiger partial charge < -0.3 is 14.7 Å². The molecular formula is C29H35N5O3. The highest BCUT2D eigenvalue weighted by molar-refractivity contribution is 5.97. The van der Waals surface area contributed by atoms with E-state index in [1.807, 2.05) is 36.4 Å². The number of nitrogens with zero attached hydrogens (tertiary/aromatic N) is 4. The first-order valence-corrected chi connectivity index (χ1v) is 13.1. The van der Waals surface area contributed by atoms with Crippen LogP contribution in [-0.4, -0.2) is 46.5 Å². The molecular weight excluding hydrogens is 466 g/mol. The number of nitrogens with one attached hydrogen (secondary N) is 1. The number of carbonyl (C=O) groups excluding carboxylic acids is 2. The molecule has 8 heteroatoms. The molecule has 0 saturated carbocycles. The molecule has 8 nitrogen and oxygen atoms in total. The van der Waals surface area contributed by atoms with E-state index in [1.165, 1.54) is 5.56 Å². The Morgan fingerprint density at radius 1 is 1.11 bits per heavy atom. The van der Waals surface area contributed by atoms with Crippen LogP contribution in [-0.2, 0) is 21.5 Å². The van der Waals surface area contributed by atoms with Crippen LogP contribution in [0.1, 0.15) is 57.9 Å². The van der Waals surface area contributed by atoms with E-state index >= 15 is 0 Å². The molecule has 37 heavy (non-hydrogen) atoms. The van der Waals surface area contributed by atoms with Gasteiger partial charge in [-0.05, 0) is 55.0 Å². The van der Waals surface area contributed by atoms with Crippen molar-refractivity contribution in [2.75, 3.05) is 29.9 Å². The van der Waals surface area contributed by atoms with Gasteiger partial charge in [0, 0.05) is 36.4 Å². The summed E-state index contributed by atoms with van der Waals surface area (Å²) in [6.45, 7) is 9.33. The molecule has 0 aliphatic carbocycles. The molecule has 1 unspecified atom stereocenters. The maximum absolute atomic E-state index is 13.1. The van der Waals surface area contributed by atoms with E-state index in [1.54, 1.807) is 4.90 Å². The van der Waals surface area contributed by atoms with Crippen LogP contribution in [0.2, 0.25) is 0 Å². The third kappa shape index (κ3) is 5.91. The number of hydrogen-bond donors (Lipinski definition) is 1. The van der Waals surface area contributed by atoms with Crippen molar-refractivity contribution in [1.82, 2.24) is 15.0 Å². The Balaban J connectivity index is 1.18. The van der Waals surface area contributed by atoms with Crippen LogP contribution < -0.4 is 10.2 Å². The van der Waals surface area contributed by atoms with Crippen molar-refractivity contribution >= 4 is 23.2 Å². The minimum Gasteiger partial charge on any atom is -0.338 e. The Kier molecular flexibility index (Phi) is 7.11. The fraction of sp³-hybridized carbons (Fsp3) is 0.448. The summed E-state index contributed by atoms with van der Waals surface area (Å²) in [6, 6.07) is 15.8. The van der Waals surface area contributed by atoms with E-state index in [-0.39, 0.29) is 23.1 Å². The smallest absolute Gasteiger partial charge is 0.241 e. The van der Waals surface area contributed by atoms with Crippen LogP contribution in [0.5, 0.6) is 0 Å². The van der Waals surface area contributed by atoms with Gasteiger partial charge in [-0.25, -0.2) is 0 Å². The number of carbonyl (C=O) groups is 2. The zero-order valence-corrected chi connectivity index (χ0v) is 21.9. The summed E-state index contributed by atoms with van der Waals surface area (Å²) >= 11 is 0. The van der Waals surface area contributed by atoms with Crippen molar-refractivity contribution < 1.29 is 14.1 Å². The van der Waals surface area contributed by atoms with Gasteiger partial charge in [-0.15, -0.1) is 0 Å². The topological polar surface area (TPSA) is 91.6 Å². The molecule has 2 aliphatic heterocycles. The minimum atomic E-state index is -0.127. The van der Waals surface area contributed by atoms with E-state index in [0.717, 1.165) is 49.3 Å². The first-order chi connectivity index (χ1) is 17.8. The number of rotatable bonds is 6. The second-order valence-corrected chi connectivity index (χ2v) is 11.1. The Morgan fingerprint density at radius 3 is 2.65 bits per heavy atom. The van der Waals surface area contributed by atoms with Gasteiger partial charge in [-0.1, -0.05) is 56.3 Å². The number of aromatic nitrogens is 2. The molecule has 2 saturated heterocycles. The summed E-state index contributed by atoms with van der Waals surface area (Å²) < 4.78 is 5.55. The fourth-order valence-corrected chi connectivity index (χ4v) is 5.08. The SMILES string of the molecule is CC(C)(C)c1ccc(-c2noc(CN3CCCC(C(=O)Nc4cccc(N5CCCC5=O)c4)C3)n2)cc1. The number of likely N-dealkylation sites (tertiary alicyclic amines) is 1. The van der Waals surface area contributed by atoms with E-state index < -0.39 is 0 Å². The maximum Gasteiger partial charge on any atom is 0.241 e. The van der Waals surface area contributed by atoms with E-state index in [4.69, 9.17) is 4.52 Å². The lowest BCUT2D eigenvalue weighted by molar-refractivity contribution is -0.121. The van der Waals surface area contributed by atoms with Crippen LogP contribution in [0, 0.1) is 5.92 Å². The van der Waals surface area contributed by atoms with Gasteiger partial charge in [-0.2, -0.15) is 4.98 Å². The van der Waals surface area contributed by atoms with Gasteiger partial charge in [-0.3, -0.25) is 14.5 Å². The van der Waals surface area contributed by atoms with Crippen molar-refractivity contribution in [3.63, 3.8) is 0 Å². The standard InChI is InChI=1S/C29H35N5O3/c1-29(2,3)22-13-11-20(12-14-22)27-31-25(37-32-27)19-33-15-5-7-21(18-33)28(36)30-23-8-4-9-24(17-23)34-16-6-10-26(34)35/h4,8-9,11-14,17,21H,5-7,10,15-16,18-19H2,1-3H3,(H,30,36). The summed E-state index contributed by atoms with van der Waals surface area (Å²) in [4.78, 5) is 33.8. The van der Waals surface area contributed by atoms with Crippen molar-refractivity contribution in [2.24, 2.45) is 5.92 Å². The van der Waals surface area contributed by atoms with Crippen LogP contribution in [0.3, 0.4) is 0 Å². The summed E-state index contributed by atoms with van der Waals surface area (Å²) in [5.41, 5.74) is 3.84. The molecule has 0 spiro atoms. The van der Waals surface area contributed by atoms with Crippen LogP contribution in [0.4, 0.5) is 11.4 Å². The highest BCUT2D eigenvalue weighted by Crippen LogP contribution is 2.27. The van der Waals surface area contributed by atoms with Gasteiger partial charge in [0.25, 0.3) is 0 Å². The number of hydrogen-bond acceptors (Lipinski definition) is 6. The monoisotopic (exact) mass is 501 g/mol. The van der Waals surface area contributed by atoms with Crippen LogP contribution in [0.25, 0.3) is 11.4 Å². The second-order valence-electron chi connectivity index (χ2n) is 11.1. The molecule has 2 aliphatic rings. The number of amides is 2. The summed E-state index contributed by atoms with van der Waals surface area (Å²) in [6.07, 6.45) is 3.22. The Bertz CT molecular complexity index is 1260. The summed E-state index contributed by atoms with van der Waals surface area (Å²) in [5, 5.41) is 7.24. The minimum absolute atomic E-state index is 0.000227. The molecule has 1 atom stereocenters. The highest BCUT2D eigenvalue weighted by Gasteiger charge is 2.28. The predicted octanol–water partition coefficient (Wildman–Crippen LogP) is 5.01. The molecule has 5 rings (SSSR count). The van der Waals surface area contributed by atoms with Gasteiger partial charge in [0.15, 0.2) is 0 Å². The molecule has 1 N–H and O–H groups in total. The predicted molar refractivity (Wildman–Crippen MR) is 143 cm³/mol. The average Bonchev–Trinajstić information content (AvgIpc) is 3.53. The summed E-state index contributed by atoms with van der Waals surface area (Å²) in [5.74, 6) is 1.15. The normalized spacial score (nSPS) is 18.8. The lowest BCUT2D eigenvalue weighted by Gasteiger charge is -2.31. The molecule has 0 radical (unpaired) electrons. The third-order valence-electron chi connectivity index (χ3n) is 7.21. The number of piperidine rings is 1.